The molecule has 1 amide bonds. The second-order valence-corrected chi connectivity index (χ2v) is 11.1. The van der Waals surface area contributed by atoms with E-state index in [9.17, 15) is 18.7 Å². The number of halogens is 3. The summed E-state index contributed by atoms with van der Waals surface area (Å²) in [5, 5.41) is 13.6. The van der Waals surface area contributed by atoms with Gasteiger partial charge < -0.3 is 20.2 Å². The zero-order chi connectivity index (χ0) is 27.6. The normalized spacial score (nSPS) is 17.0. The molecule has 2 aliphatic heterocycles. The Morgan fingerprint density at radius 2 is 1.82 bits per heavy atom. The van der Waals surface area contributed by atoms with Crippen molar-refractivity contribution in [2.45, 2.75) is 52.7 Å². The standard InChI is InChI=1S/C27H31F3N6O2/c1-15-21(36-13-26(14-36)11-35(12-26)17(3)37)9-19-23(33-16(2)34-24(19)32-15)31-10-18-7-6-8-20(22(18)28)27(29,30)25(4,5)38/h6-9,38H,10-14H2,1-5H3,(H,31,32,33,34). The Bertz CT molecular complexity index is 1420. The summed E-state index contributed by atoms with van der Waals surface area (Å²) in [6.07, 6.45) is 0. The van der Waals surface area contributed by atoms with Gasteiger partial charge in [-0.2, -0.15) is 8.78 Å². The summed E-state index contributed by atoms with van der Waals surface area (Å²) in [5.74, 6) is -3.89. The topological polar surface area (TPSA) is 94.5 Å². The number of pyridine rings is 1. The van der Waals surface area contributed by atoms with Crippen LogP contribution in [0, 0.1) is 25.1 Å². The van der Waals surface area contributed by atoms with E-state index >= 15 is 4.39 Å². The maximum Gasteiger partial charge on any atom is 0.303 e. The van der Waals surface area contributed by atoms with Gasteiger partial charge in [-0.05, 0) is 39.8 Å². The third-order valence-electron chi connectivity index (χ3n) is 7.49. The first kappa shape index (κ1) is 26.1. The molecule has 0 saturated carbocycles. The van der Waals surface area contributed by atoms with Gasteiger partial charge in [0.05, 0.1) is 22.3 Å². The maximum atomic E-state index is 15.2. The lowest BCUT2D eigenvalue weighted by molar-refractivity contribution is -0.170. The lowest BCUT2D eigenvalue weighted by Gasteiger charge is -2.60. The largest absolute Gasteiger partial charge is 0.384 e. The number of carbonyl (C=O) groups is 1. The number of rotatable bonds is 6. The van der Waals surface area contributed by atoms with Gasteiger partial charge in [0, 0.05) is 50.6 Å². The van der Waals surface area contributed by atoms with Gasteiger partial charge in [-0.25, -0.2) is 19.3 Å². The number of nitrogens with one attached hydrogen (secondary N) is 1. The fourth-order valence-electron chi connectivity index (χ4n) is 5.28. The van der Waals surface area contributed by atoms with Crippen LogP contribution in [0.5, 0.6) is 0 Å². The van der Waals surface area contributed by atoms with Crippen LogP contribution in [0.3, 0.4) is 0 Å². The summed E-state index contributed by atoms with van der Waals surface area (Å²) in [7, 11) is 0. The minimum Gasteiger partial charge on any atom is -0.384 e. The smallest absolute Gasteiger partial charge is 0.303 e. The Labute approximate surface area is 218 Å². The summed E-state index contributed by atoms with van der Waals surface area (Å²) in [6, 6.07) is 5.69. The highest BCUT2D eigenvalue weighted by Gasteiger charge is 2.53. The molecule has 5 rings (SSSR count). The Hall–Kier alpha value is -3.47. The number of aliphatic hydroxyl groups is 1. The van der Waals surface area contributed by atoms with Gasteiger partial charge >= 0.3 is 5.92 Å². The number of aromatic nitrogens is 3. The summed E-state index contributed by atoms with van der Waals surface area (Å²) in [6.45, 7) is 10.1. The molecule has 2 fully saturated rings. The number of hydrogen-bond acceptors (Lipinski definition) is 7. The van der Waals surface area contributed by atoms with E-state index in [0.29, 0.717) is 22.7 Å². The minimum atomic E-state index is -3.78. The van der Waals surface area contributed by atoms with Crippen molar-refractivity contribution in [2.75, 3.05) is 36.4 Å². The molecule has 4 heterocycles. The molecule has 1 spiro atoms. The van der Waals surface area contributed by atoms with Crippen LogP contribution in [-0.2, 0) is 17.3 Å². The number of carbonyl (C=O) groups excluding carboxylic acids is 1. The van der Waals surface area contributed by atoms with E-state index in [1.807, 2.05) is 17.9 Å². The Morgan fingerprint density at radius 3 is 2.45 bits per heavy atom. The number of hydrogen-bond donors (Lipinski definition) is 2. The minimum absolute atomic E-state index is 0.0147. The highest BCUT2D eigenvalue weighted by atomic mass is 19.3. The second-order valence-electron chi connectivity index (χ2n) is 11.1. The number of aryl methyl sites for hydroxylation is 2. The molecule has 0 atom stereocenters. The molecule has 2 aliphatic rings. The van der Waals surface area contributed by atoms with Crippen molar-refractivity contribution in [3.05, 3.63) is 52.7 Å². The Balaban J connectivity index is 1.40. The van der Waals surface area contributed by atoms with E-state index in [2.05, 4.69) is 25.2 Å². The van der Waals surface area contributed by atoms with Crippen LogP contribution in [0.1, 0.15) is 43.4 Å². The summed E-state index contributed by atoms with van der Waals surface area (Å²) >= 11 is 0. The third kappa shape index (κ3) is 4.32. The van der Waals surface area contributed by atoms with Crippen molar-refractivity contribution in [1.29, 1.82) is 0 Å². The van der Waals surface area contributed by atoms with Gasteiger partial charge in [0.25, 0.3) is 0 Å². The zero-order valence-corrected chi connectivity index (χ0v) is 22.1. The van der Waals surface area contributed by atoms with E-state index in [-0.39, 0.29) is 23.4 Å². The highest BCUT2D eigenvalue weighted by Crippen LogP contribution is 2.43. The van der Waals surface area contributed by atoms with Crippen molar-refractivity contribution in [3.63, 3.8) is 0 Å². The average molecular weight is 529 g/mol. The summed E-state index contributed by atoms with van der Waals surface area (Å²) in [5.41, 5.74) is -0.945. The Morgan fingerprint density at radius 1 is 1.13 bits per heavy atom. The molecule has 38 heavy (non-hydrogen) atoms. The van der Waals surface area contributed by atoms with E-state index in [0.717, 1.165) is 57.5 Å². The van der Waals surface area contributed by atoms with E-state index in [4.69, 9.17) is 0 Å². The van der Waals surface area contributed by atoms with E-state index in [1.54, 1.807) is 13.8 Å². The van der Waals surface area contributed by atoms with Crippen molar-refractivity contribution in [2.24, 2.45) is 5.41 Å². The highest BCUT2D eigenvalue weighted by molar-refractivity contribution is 5.90. The van der Waals surface area contributed by atoms with Gasteiger partial charge in [0.15, 0.2) is 5.65 Å². The van der Waals surface area contributed by atoms with E-state index < -0.39 is 22.9 Å². The number of nitrogens with zero attached hydrogens (tertiary/aromatic N) is 5. The van der Waals surface area contributed by atoms with Crippen molar-refractivity contribution >= 4 is 28.4 Å². The van der Waals surface area contributed by atoms with Crippen molar-refractivity contribution in [3.8, 4) is 0 Å². The van der Waals surface area contributed by atoms with Gasteiger partial charge in [-0.1, -0.05) is 12.1 Å². The molecule has 202 valence electrons. The quantitative estimate of drug-likeness (QED) is 0.501. The molecule has 0 radical (unpaired) electrons. The van der Waals surface area contributed by atoms with Crippen LogP contribution >= 0.6 is 0 Å². The average Bonchev–Trinajstić information content (AvgIpc) is 2.75. The lowest BCUT2D eigenvalue weighted by atomic mass is 9.72. The van der Waals surface area contributed by atoms with Crippen LogP contribution in [0.2, 0.25) is 0 Å². The lowest BCUT2D eigenvalue weighted by Crippen LogP contribution is -2.73. The molecule has 2 N–H and O–H groups in total. The van der Waals surface area contributed by atoms with Crippen LogP contribution in [0.15, 0.2) is 24.3 Å². The number of fused-ring (bicyclic) bond motifs is 1. The van der Waals surface area contributed by atoms with Gasteiger partial charge in [0.1, 0.15) is 23.1 Å². The molecule has 0 unspecified atom stereocenters. The van der Waals surface area contributed by atoms with Gasteiger partial charge in [0.2, 0.25) is 5.91 Å². The van der Waals surface area contributed by atoms with Crippen LogP contribution in [0.25, 0.3) is 11.0 Å². The molecule has 11 heteroatoms. The molecule has 2 aromatic heterocycles. The van der Waals surface area contributed by atoms with Gasteiger partial charge in [-0.3, -0.25) is 4.79 Å². The first-order valence-electron chi connectivity index (χ1n) is 12.5. The fourth-order valence-corrected chi connectivity index (χ4v) is 5.28. The second kappa shape index (κ2) is 8.79. The van der Waals surface area contributed by atoms with Crippen LogP contribution in [0.4, 0.5) is 24.7 Å². The molecule has 1 aromatic carbocycles. The first-order chi connectivity index (χ1) is 17.7. The number of benzene rings is 1. The maximum absolute atomic E-state index is 15.2. The molecular formula is C27H31F3N6O2. The SMILES string of the molecule is CC(=O)N1CC2(C1)CN(c1cc3c(NCc4cccc(C(F)(F)C(C)(C)O)c4F)nc(C)nc3nc1C)C2. The molecule has 3 aromatic rings. The monoisotopic (exact) mass is 528 g/mol. The number of anilines is 2. The number of alkyl halides is 2. The molecule has 2 saturated heterocycles. The summed E-state index contributed by atoms with van der Waals surface area (Å²) in [4.78, 5) is 29.2. The fraction of sp³-hybridized carbons (Fsp3) is 0.481. The number of likely N-dealkylation sites (tertiary alicyclic amines) is 1. The van der Waals surface area contributed by atoms with Crippen LogP contribution < -0.4 is 10.2 Å². The zero-order valence-electron chi connectivity index (χ0n) is 22.1. The molecule has 0 aliphatic carbocycles. The molecular weight excluding hydrogens is 497 g/mol. The number of amides is 1. The molecule has 8 nitrogen and oxygen atoms in total. The predicted octanol–water partition coefficient (Wildman–Crippen LogP) is 3.92. The summed E-state index contributed by atoms with van der Waals surface area (Å²) < 4.78 is 44.6. The van der Waals surface area contributed by atoms with E-state index in [1.165, 1.54) is 12.1 Å². The third-order valence-corrected chi connectivity index (χ3v) is 7.49. The predicted molar refractivity (Wildman–Crippen MR) is 138 cm³/mol. The van der Waals surface area contributed by atoms with Crippen molar-refractivity contribution in [1.82, 2.24) is 19.9 Å². The molecule has 0 bridgehead atoms. The van der Waals surface area contributed by atoms with Crippen LogP contribution in [-0.4, -0.2) is 62.6 Å². The Kier molecular flexibility index (Phi) is 6.05. The van der Waals surface area contributed by atoms with Crippen molar-refractivity contribution < 1.29 is 23.1 Å². The first-order valence-corrected chi connectivity index (χ1v) is 12.5. The van der Waals surface area contributed by atoms with Gasteiger partial charge in [-0.15, -0.1) is 0 Å².